The predicted molar refractivity (Wildman–Crippen MR) is 90.3 cm³/mol. The molecule has 4 nitrogen and oxygen atoms in total. The highest BCUT2D eigenvalue weighted by Crippen LogP contribution is 2.36. The second kappa shape index (κ2) is 5.53. The highest BCUT2D eigenvalue weighted by Gasteiger charge is 2.41. The SMILES string of the molecule is CC(C)(C)OC(=O)N1CCC(O)(c2cccc3ccccc23)C1. The standard InChI is InChI=1S/C19H23NO3/c1-18(2,3)23-17(21)20-12-11-19(22,13-20)16-10-6-8-14-7-4-5-9-15(14)16/h4-10,22H,11-13H2,1-3H3. The van der Waals surface area contributed by atoms with Crippen LogP contribution >= 0.6 is 0 Å². The molecule has 23 heavy (non-hydrogen) atoms. The van der Waals surface area contributed by atoms with Gasteiger partial charge in [-0.25, -0.2) is 4.79 Å². The van der Waals surface area contributed by atoms with E-state index in [1.807, 2.05) is 63.2 Å². The molecule has 1 N–H and O–H groups in total. The number of nitrogens with zero attached hydrogens (tertiary/aromatic N) is 1. The Morgan fingerprint density at radius 2 is 1.87 bits per heavy atom. The maximum absolute atomic E-state index is 12.2. The zero-order chi connectivity index (χ0) is 16.7. The van der Waals surface area contributed by atoms with Crippen molar-refractivity contribution in [2.24, 2.45) is 0 Å². The van der Waals surface area contributed by atoms with Gasteiger partial charge in [-0.15, -0.1) is 0 Å². The lowest BCUT2D eigenvalue weighted by atomic mass is 9.89. The first-order valence-corrected chi connectivity index (χ1v) is 7.97. The van der Waals surface area contributed by atoms with Crippen molar-refractivity contribution < 1.29 is 14.6 Å². The quantitative estimate of drug-likeness (QED) is 0.874. The number of amides is 1. The minimum absolute atomic E-state index is 0.260. The number of hydrogen-bond donors (Lipinski definition) is 1. The molecule has 1 aliphatic heterocycles. The third kappa shape index (κ3) is 3.17. The van der Waals surface area contributed by atoms with E-state index in [4.69, 9.17) is 4.74 Å². The zero-order valence-electron chi connectivity index (χ0n) is 13.9. The Bertz CT molecular complexity index is 729. The van der Waals surface area contributed by atoms with E-state index in [1.165, 1.54) is 0 Å². The molecule has 1 amide bonds. The van der Waals surface area contributed by atoms with Gasteiger partial charge in [-0.3, -0.25) is 0 Å². The maximum atomic E-state index is 12.2. The molecule has 0 aliphatic carbocycles. The number of fused-ring (bicyclic) bond motifs is 1. The van der Waals surface area contributed by atoms with Crippen LogP contribution in [0.4, 0.5) is 4.79 Å². The van der Waals surface area contributed by atoms with Crippen molar-refractivity contribution in [3.8, 4) is 0 Å². The summed E-state index contributed by atoms with van der Waals surface area (Å²) < 4.78 is 5.41. The van der Waals surface area contributed by atoms with Gasteiger partial charge >= 0.3 is 6.09 Å². The van der Waals surface area contributed by atoms with E-state index in [0.29, 0.717) is 13.0 Å². The Morgan fingerprint density at radius 3 is 2.61 bits per heavy atom. The number of rotatable bonds is 1. The lowest BCUT2D eigenvalue weighted by molar-refractivity contribution is 0.0144. The fraction of sp³-hybridized carbons (Fsp3) is 0.421. The van der Waals surface area contributed by atoms with Crippen molar-refractivity contribution >= 4 is 16.9 Å². The minimum atomic E-state index is -1.03. The van der Waals surface area contributed by atoms with Crippen LogP contribution in [0.3, 0.4) is 0 Å². The molecular formula is C19H23NO3. The summed E-state index contributed by atoms with van der Waals surface area (Å²) >= 11 is 0. The van der Waals surface area contributed by atoms with Crippen LogP contribution < -0.4 is 0 Å². The highest BCUT2D eigenvalue weighted by atomic mass is 16.6. The van der Waals surface area contributed by atoms with Crippen LogP contribution in [0.5, 0.6) is 0 Å². The number of carbonyl (C=O) groups is 1. The maximum Gasteiger partial charge on any atom is 0.410 e. The number of carbonyl (C=O) groups excluding carboxylic acids is 1. The Labute approximate surface area is 136 Å². The first-order chi connectivity index (χ1) is 10.8. The summed E-state index contributed by atoms with van der Waals surface area (Å²) in [6, 6.07) is 13.9. The highest BCUT2D eigenvalue weighted by molar-refractivity contribution is 5.86. The molecule has 2 aromatic carbocycles. The van der Waals surface area contributed by atoms with E-state index in [0.717, 1.165) is 16.3 Å². The lowest BCUT2D eigenvalue weighted by Crippen LogP contribution is -2.38. The molecule has 1 aliphatic rings. The average Bonchev–Trinajstić information content (AvgIpc) is 2.89. The van der Waals surface area contributed by atoms with Gasteiger partial charge in [0, 0.05) is 6.54 Å². The molecular weight excluding hydrogens is 290 g/mol. The zero-order valence-corrected chi connectivity index (χ0v) is 13.9. The average molecular weight is 313 g/mol. The Morgan fingerprint density at radius 1 is 1.17 bits per heavy atom. The molecule has 1 atom stereocenters. The molecule has 0 spiro atoms. The summed E-state index contributed by atoms with van der Waals surface area (Å²) in [5.74, 6) is 0. The van der Waals surface area contributed by atoms with Crippen molar-refractivity contribution in [1.29, 1.82) is 0 Å². The van der Waals surface area contributed by atoms with Crippen LogP contribution in [0, 0.1) is 0 Å². The molecule has 1 saturated heterocycles. The summed E-state index contributed by atoms with van der Waals surface area (Å²) in [5.41, 5.74) is -0.684. The number of hydrogen-bond acceptors (Lipinski definition) is 3. The number of likely N-dealkylation sites (tertiary alicyclic amines) is 1. The molecule has 0 aromatic heterocycles. The fourth-order valence-corrected chi connectivity index (χ4v) is 3.13. The van der Waals surface area contributed by atoms with Gasteiger partial charge < -0.3 is 14.7 Å². The Balaban J connectivity index is 1.87. The van der Waals surface area contributed by atoms with Gasteiger partial charge in [0.2, 0.25) is 0 Å². The van der Waals surface area contributed by atoms with Crippen LogP contribution in [0.15, 0.2) is 42.5 Å². The third-order valence-electron chi connectivity index (χ3n) is 4.19. The molecule has 3 rings (SSSR count). The van der Waals surface area contributed by atoms with Gasteiger partial charge in [0.05, 0.1) is 6.54 Å². The van der Waals surface area contributed by atoms with E-state index in [9.17, 15) is 9.90 Å². The molecule has 4 heteroatoms. The molecule has 122 valence electrons. The van der Waals surface area contributed by atoms with Crippen molar-refractivity contribution in [2.45, 2.75) is 38.4 Å². The smallest absolute Gasteiger partial charge is 0.410 e. The van der Waals surface area contributed by atoms with Crippen molar-refractivity contribution in [3.63, 3.8) is 0 Å². The van der Waals surface area contributed by atoms with E-state index >= 15 is 0 Å². The third-order valence-corrected chi connectivity index (χ3v) is 4.19. The fourth-order valence-electron chi connectivity index (χ4n) is 3.13. The Hall–Kier alpha value is -2.07. The summed E-state index contributed by atoms with van der Waals surface area (Å²) in [7, 11) is 0. The molecule has 0 bridgehead atoms. The van der Waals surface area contributed by atoms with Crippen LogP contribution in [-0.2, 0) is 10.3 Å². The first-order valence-electron chi connectivity index (χ1n) is 7.97. The Kier molecular flexibility index (Phi) is 3.80. The molecule has 0 radical (unpaired) electrons. The summed E-state index contributed by atoms with van der Waals surface area (Å²) in [5, 5.41) is 13.3. The van der Waals surface area contributed by atoms with Gasteiger partial charge in [-0.05, 0) is 43.5 Å². The van der Waals surface area contributed by atoms with Gasteiger partial charge in [0.1, 0.15) is 11.2 Å². The van der Waals surface area contributed by atoms with Crippen molar-refractivity contribution in [2.75, 3.05) is 13.1 Å². The molecule has 1 heterocycles. The van der Waals surface area contributed by atoms with Crippen LogP contribution in [-0.4, -0.2) is 34.8 Å². The molecule has 2 aromatic rings. The van der Waals surface area contributed by atoms with Crippen LogP contribution in [0.25, 0.3) is 10.8 Å². The summed E-state index contributed by atoms with van der Waals surface area (Å²) in [4.78, 5) is 13.8. The summed E-state index contributed by atoms with van der Waals surface area (Å²) in [6.45, 7) is 6.29. The monoisotopic (exact) mass is 313 g/mol. The van der Waals surface area contributed by atoms with Crippen molar-refractivity contribution in [1.82, 2.24) is 4.90 Å². The lowest BCUT2D eigenvalue weighted by Gasteiger charge is -2.27. The van der Waals surface area contributed by atoms with Gasteiger partial charge in [0.25, 0.3) is 0 Å². The number of β-amino-alcohol motifs (C(OH)–C–C–N with tert-alkyl or cyclic N) is 1. The number of benzene rings is 2. The number of aliphatic hydroxyl groups is 1. The van der Waals surface area contributed by atoms with E-state index in [-0.39, 0.29) is 12.6 Å². The first kappa shape index (κ1) is 15.8. The second-order valence-electron chi connectivity index (χ2n) is 7.21. The molecule has 1 unspecified atom stereocenters. The van der Waals surface area contributed by atoms with Gasteiger partial charge in [-0.2, -0.15) is 0 Å². The summed E-state index contributed by atoms with van der Waals surface area (Å²) in [6.07, 6.45) is 0.147. The predicted octanol–water partition coefficient (Wildman–Crippen LogP) is 3.67. The van der Waals surface area contributed by atoms with Gasteiger partial charge in [0.15, 0.2) is 0 Å². The van der Waals surface area contributed by atoms with Gasteiger partial charge in [-0.1, -0.05) is 42.5 Å². The van der Waals surface area contributed by atoms with Crippen LogP contribution in [0.1, 0.15) is 32.8 Å². The van der Waals surface area contributed by atoms with Crippen molar-refractivity contribution in [3.05, 3.63) is 48.0 Å². The normalized spacial score (nSPS) is 21.7. The van der Waals surface area contributed by atoms with E-state index in [2.05, 4.69) is 0 Å². The molecule has 1 fully saturated rings. The van der Waals surface area contributed by atoms with E-state index < -0.39 is 11.2 Å². The largest absolute Gasteiger partial charge is 0.444 e. The molecule has 0 saturated carbocycles. The number of ether oxygens (including phenoxy) is 1. The second-order valence-corrected chi connectivity index (χ2v) is 7.21. The minimum Gasteiger partial charge on any atom is -0.444 e. The topological polar surface area (TPSA) is 49.8 Å². The van der Waals surface area contributed by atoms with Crippen LogP contribution in [0.2, 0.25) is 0 Å². The van der Waals surface area contributed by atoms with E-state index in [1.54, 1.807) is 4.90 Å².